The molecule has 0 radical (unpaired) electrons. The number of carbonyl (C=O) groups is 1. The Kier molecular flexibility index (Phi) is 12.5. The van der Waals surface area contributed by atoms with Crippen molar-refractivity contribution in [3.63, 3.8) is 0 Å². The Hall–Kier alpha value is -3.11. The molecule has 0 aliphatic carbocycles. The third-order valence-electron chi connectivity index (χ3n) is 4.39. The van der Waals surface area contributed by atoms with Crippen molar-refractivity contribution in [1.29, 1.82) is 0 Å². The molecule has 0 aliphatic heterocycles. The van der Waals surface area contributed by atoms with E-state index in [1.165, 1.54) is 16.7 Å². The molecule has 4 heteroatoms. The Labute approximate surface area is 193 Å². The van der Waals surface area contributed by atoms with Gasteiger partial charge in [-0.3, -0.25) is 4.79 Å². The molecule has 0 aromatic heterocycles. The SMILES string of the molecule is CC.Cc1cc(C(=O)NCCN)ccc1OC(C)C.Cc1ccc(-c2ccccc2)cc1. The van der Waals surface area contributed by atoms with Crippen LogP contribution >= 0.6 is 0 Å². The van der Waals surface area contributed by atoms with Crippen LogP contribution in [0.15, 0.2) is 72.8 Å². The topological polar surface area (TPSA) is 64.4 Å². The molecule has 3 rings (SSSR count). The van der Waals surface area contributed by atoms with E-state index in [4.69, 9.17) is 10.5 Å². The zero-order valence-electron chi connectivity index (χ0n) is 20.3. The second-order valence-corrected chi connectivity index (χ2v) is 7.42. The lowest BCUT2D eigenvalue weighted by atomic mass is 10.0. The molecule has 172 valence electrons. The monoisotopic (exact) mass is 434 g/mol. The fourth-order valence-electron chi connectivity index (χ4n) is 2.84. The molecule has 0 spiro atoms. The van der Waals surface area contributed by atoms with Crippen molar-refractivity contribution in [3.8, 4) is 16.9 Å². The number of amides is 1. The molecule has 0 aliphatic rings. The Balaban J connectivity index is 0.000000305. The highest BCUT2D eigenvalue weighted by molar-refractivity contribution is 5.94. The number of hydrogen-bond acceptors (Lipinski definition) is 3. The summed E-state index contributed by atoms with van der Waals surface area (Å²) in [5, 5.41) is 2.73. The third kappa shape index (κ3) is 9.36. The minimum atomic E-state index is -0.102. The van der Waals surface area contributed by atoms with Gasteiger partial charge >= 0.3 is 0 Å². The zero-order valence-corrected chi connectivity index (χ0v) is 20.3. The van der Waals surface area contributed by atoms with E-state index in [-0.39, 0.29) is 12.0 Å². The first-order valence-corrected chi connectivity index (χ1v) is 11.3. The number of rotatable bonds is 6. The summed E-state index contributed by atoms with van der Waals surface area (Å²) in [7, 11) is 0. The number of ether oxygens (including phenoxy) is 1. The zero-order chi connectivity index (χ0) is 23.9. The van der Waals surface area contributed by atoms with E-state index < -0.39 is 0 Å². The van der Waals surface area contributed by atoms with Crippen molar-refractivity contribution in [2.24, 2.45) is 5.73 Å². The molecule has 0 heterocycles. The maximum Gasteiger partial charge on any atom is 0.251 e. The summed E-state index contributed by atoms with van der Waals surface area (Å²) in [6, 6.07) is 24.4. The summed E-state index contributed by atoms with van der Waals surface area (Å²) in [5.74, 6) is 0.713. The van der Waals surface area contributed by atoms with Crippen LogP contribution in [-0.2, 0) is 0 Å². The van der Waals surface area contributed by atoms with E-state index >= 15 is 0 Å². The van der Waals surface area contributed by atoms with Gasteiger partial charge < -0.3 is 15.8 Å². The lowest BCUT2D eigenvalue weighted by molar-refractivity contribution is 0.0954. The molecule has 0 fully saturated rings. The standard InChI is InChI=1S/C13H20N2O2.C13H12.C2H6/c1-9(2)17-12-5-4-11(8-10(12)3)13(16)15-7-6-14;1-11-7-9-13(10-8-11)12-5-3-2-4-6-12;1-2/h4-5,8-9H,6-7,14H2,1-3H3,(H,15,16);2-10H,1H3;1-2H3. The van der Waals surface area contributed by atoms with Crippen molar-refractivity contribution < 1.29 is 9.53 Å². The lowest BCUT2D eigenvalue weighted by Gasteiger charge is -2.13. The fourth-order valence-corrected chi connectivity index (χ4v) is 2.84. The quantitative estimate of drug-likeness (QED) is 0.488. The van der Waals surface area contributed by atoms with Crippen LogP contribution in [0.3, 0.4) is 0 Å². The number of nitrogens with two attached hydrogens (primary N) is 1. The van der Waals surface area contributed by atoms with E-state index in [0.717, 1.165) is 11.3 Å². The predicted octanol–water partition coefficient (Wildman–Crippen LogP) is 6.16. The molecular formula is C28H38N2O2. The summed E-state index contributed by atoms with van der Waals surface area (Å²) in [4.78, 5) is 11.7. The van der Waals surface area contributed by atoms with Crippen LogP contribution < -0.4 is 15.8 Å². The summed E-state index contributed by atoms with van der Waals surface area (Å²) >= 11 is 0. The Bertz CT molecular complexity index is 920. The van der Waals surface area contributed by atoms with Crippen LogP contribution in [0.4, 0.5) is 0 Å². The average molecular weight is 435 g/mol. The molecule has 0 atom stereocenters. The molecule has 3 aromatic rings. The summed E-state index contributed by atoms with van der Waals surface area (Å²) < 4.78 is 5.61. The van der Waals surface area contributed by atoms with Gasteiger partial charge in [-0.2, -0.15) is 0 Å². The maximum atomic E-state index is 11.7. The van der Waals surface area contributed by atoms with Crippen LogP contribution in [0.1, 0.15) is 49.2 Å². The lowest BCUT2D eigenvalue weighted by Crippen LogP contribution is -2.29. The molecule has 3 aromatic carbocycles. The first kappa shape index (κ1) is 26.9. The van der Waals surface area contributed by atoms with Crippen LogP contribution in [0.25, 0.3) is 11.1 Å². The molecule has 32 heavy (non-hydrogen) atoms. The van der Waals surface area contributed by atoms with Gasteiger partial charge in [-0.25, -0.2) is 0 Å². The van der Waals surface area contributed by atoms with E-state index in [2.05, 4.69) is 60.8 Å². The first-order chi connectivity index (χ1) is 15.4. The summed E-state index contributed by atoms with van der Waals surface area (Å²) in [6.07, 6.45) is 0.130. The predicted molar refractivity (Wildman–Crippen MR) is 136 cm³/mol. The smallest absolute Gasteiger partial charge is 0.251 e. The van der Waals surface area contributed by atoms with Gasteiger partial charge in [0.15, 0.2) is 0 Å². The Morgan fingerprint density at radius 2 is 1.50 bits per heavy atom. The van der Waals surface area contributed by atoms with Crippen LogP contribution in [0.2, 0.25) is 0 Å². The minimum absolute atomic E-state index is 0.102. The van der Waals surface area contributed by atoms with E-state index in [1.807, 2.05) is 52.8 Å². The van der Waals surface area contributed by atoms with Gasteiger partial charge in [0, 0.05) is 18.7 Å². The van der Waals surface area contributed by atoms with Gasteiger partial charge in [-0.15, -0.1) is 0 Å². The second kappa shape index (κ2) is 14.8. The molecule has 0 bridgehead atoms. The number of carbonyl (C=O) groups excluding carboxylic acids is 1. The van der Waals surface area contributed by atoms with E-state index in [9.17, 15) is 4.79 Å². The van der Waals surface area contributed by atoms with Gasteiger partial charge in [0.25, 0.3) is 5.91 Å². The number of aryl methyl sites for hydroxylation is 2. The van der Waals surface area contributed by atoms with E-state index in [0.29, 0.717) is 18.7 Å². The second-order valence-electron chi connectivity index (χ2n) is 7.42. The van der Waals surface area contributed by atoms with Gasteiger partial charge in [-0.1, -0.05) is 74.0 Å². The summed E-state index contributed by atoms with van der Waals surface area (Å²) in [6.45, 7) is 12.9. The fraction of sp³-hybridized carbons (Fsp3) is 0.321. The number of benzene rings is 3. The number of hydrogen-bond donors (Lipinski definition) is 2. The van der Waals surface area contributed by atoms with E-state index in [1.54, 1.807) is 6.07 Å². The Morgan fingerprint density at radius 3 is 2.03 bits per heavy atom. The van der Waals surface area contributed by atoms with Crippen molar-refractivity contribution in [1.82, 2.24) is 5.32 Å². The highest BCUT2D eigenvalue weighted by Gasteiger charge is 2.08. The molecule has 0 unspecified atom stereocenters. The molecular weight excluding hydrogens is 396 g/mol. The number of nitrogens with one attached hydrogen (secondary N) is 1. The minimum Gasteiger partial charge on any atom is -0.491 e. The summed E-state index contributed by atoms with van der Waals surface area (Å²) in [5.41, 5.74) is 10.8. The van der Waals surface area contributed by atoms with Crippen molar-refractivity contribution in [2.75, 3.05) is 13.1 Å². The third-order valence-corrected chi connectivity index (χ3v) is 4.39. The van der Waals surface area contributed by atoms with Crippen molar-refractivity contribution in [2.45, 2.75) is 47.6 Å². The molecule has 1 amide bonds. The maximum absolute atomic E-state index is 11.7. The van der Waals surface area contributed by atoms with Gasteiger partial charge in [-0.05, 0) is 62.6 Å². The largest absolute Gasteiger partial charge is 0.491 e. The highest BCUT2D eigenvalue weighted by atomic mass is 16.5. The molecule has 4 nitrogen and oxygen atoms in total. The molecule has 0 saturated heterocycles. The van der Waals surface area contributed by atoms with Gasteiger partial charge in [0.05, 0.1) is 6.10 Å². The van der Waals surface area contributed by atoms with Crippen LogP contribution in [0, 0.1) is 13.8 Å². The molecule has 3 N–H and O–H groups in total. The van der Waals surface area contributed by atoms with Crippen molar-refractivity contribution in [3.05, 3.63) is 89.5 Å². The first-order valence-electron chi connectivity index (χ1n) is 11.3. The van der Waals surface area contributed by atoms with Crippen LogP contribution in [0.5, 0.6) is 5.75 Å². The Morgan fingerprint density at radius 1 is 0.906 bits per heavy atom. The average Bonchev–Trinajstić information content (AvgIpc) is 2.81. The normalized spacial score (nSPS) is 9.75. The highest BCUT2D eigenvalue weighted by Crippen LogP contribution is 2.20. The van der Waals surface area contributed by atoms with Crippen LogP contribution in [-0.4, -0.2) is 25.1 Å². The van der Waals surface area contributed by atoms with Crippen molar-refractivity contribution >= 4 is 5.91 Å². The van der Waals surface area contributed by atoms with Gasteiger partial charge in [0.1, 0.15) is 5.75 Å². The van der Waals surface area contributed by atoms with Gasteiger partial charge in [0.2, 0.25) is 0 Å². The molecule has 0 saturated carbocycles.